The van der Waals surface area contributed by atoms with Gasteiger partial charge in [-0.05, 0) is 6.42 Å². The highest BCUT2D eigenvalue weighted by Gasteiger charge is 2.21. The van der Waals surface area contributed by atoms with Gasteiger partial charge in [-0.2, -0.15) is 0 Å². The number of nitrogens with zero attached hydrogens (tertiary/aromatic N) is 4. The molecule has 0 radical (unpaired) electrons. The molecule has 3 heterocycles. The quantitative estimate of drug-likeness (QED) is 0.722. The van der Waals surface area contributed by atoms with Crippen molar-refractivity contribution in [2.24, 2.45) is 7.05 Å². The molecular formula is C12H19N6O+. The van der Waals surface area contributed by atoms with Gasteiger partial charge in [0.2, 0.25) is 6.33 Å². The van der Waals surface area contributed by atoms with Crippen LogP contribution in [-0.4, -0.2) is 20.5 Å². The van der Waals surface area contributed by atoms with Gasteiger partial charge >= 0.3 is 0 Å². The zero-order valence-corrected chi connectivity index (χ0v) is 11.0. The molecule has 1 aliphatic heterocycles. The molecule has 7 heteroatoms. The van der Waals surface area contributed by atoms with Crippen LogP contribution in [0.3, 0.4) is 0 Å². The second-order valence-electron chi connectivity index (χ2n) is 4.91. The number of hydrogen-bond acceptors (Lipinski definition) is 3. The molecule has 0 saturated carbocycles. The van der Waals surface area contributed by atoms with Gasteiger partial charge in [0.25, 0.3) is 5.56 Å². The van der Waals surface area contributed by atoms with E-state index < -0.39 is 0 Å². The number of nitrogens with one attached hydrogen (secondary N) is 1. The van der Waals surface area contributed by atoms with Crippen molar-refractivity contribution >= 4 is 11.5 Å². The number of rotatable bonds is 4. The van der Waals surface area contributed by atoms with Crippen molar-refractivity contribution in [2.75, 3.05) is 17.6 Å². The number of aryl methyl sites for hydroxylation is 1. The third kappa shape index (κ3) is 2.00. The van der Waals surface area contributed by atoms with Crippen LogP contribution in [0.25, 0.3) is 0 Å². The predicted octanol–water partition coefficient (Wildman–Crippen LogP) is -0.626. The first-order chi connectivity index (χ1) is 9.16. The number of aromatic nitrogens is 4. The van der Waals surface area contributed by atoms with E-state index in [1.165, 1.54) is 0 Å². The third-order valence-electron chi connectivity index (χ3n) is 3.50. The Kier molecular flexibility index (Phi) is 2.81. The summed E-state index contributed by atoms with van der Waals surface area (Å²) in [6.07, 6.45) is 7.02. The summed E-state index contributed by atoms with van der Waals surface area (Å²) >= 11 is 0. The number of nitrogens with two attached hydrogens (primary N) is 1. The molecule has 2 aromatic heterocycles. The fourth-order valence-corrected chi connectivity index (χ4v) is 2.56. The van der Waals surface area contributed by atoms with Crippen LogP contribution < -0.4 is 21.2 Å². The SMILES string of the molecule is C[n+]1ccn(CCNc2c(N)c(=O)n3n2CCC3)c1. The van der Waals surface area contributed by atoms with Crippen molar-refractivity contribution in [3.8, 4) is 0 Å². The first-order valence-corrected chi connectivity index (χ1v) is 6.51. The van der Waals surface area contributed by atoms with E-state index in [-0.39, 0.29) is 5.56 Å². The summed E-state index contributed by atoms with van der Waals surface area (Å²) < 4.78 is 7.75. The Balaban J connectivity index is 1.71. The summed E-state index contributed by atoms with van der Waals surface area (Å²) in [4.78, 5) is 11.9. The molecule has 3 rings (SSSR count). The molecule has 0 spiro atoms. The lowest BCUT2D eigenvalue weighted by Crippen LogP contribution is -2.24. The monoisotopic (exact) mass is 263 g/mol. The van der Waals surface area contributed by atoms with Gasteiger partial charge in [-0.3, -0.25) is 9.48 Å². The lowest BCUT2D eigenvalue weighted by atomic mass is 10.4. The zero-order valence-electron chi connectivity index (χ0n) is 11.0. The van der Waals surface area contributed by atoms with E-state index >= 15 is 0 Å². The summed E-state index contributed by atoms with van der Waals surface area (Å²) in [7, 11) is 1.99. The first-order valence-electron chi connectivity index (χ1n) is 6.51. The number of fused-ring (bicyclic) bond motifs is 1. The lowest BCUT2D eigenvalue weighted by Gasteiger charge is -2.08. The molecule has 0 aliphatic carbocycles. The minimum atomic E-state index is -0.0765. The average Bonchev–Trinajstić information content (AvgIpc) is 3.05. The van der Waals surface area contributed by atoms with Gasteiger partial charge in [0.15, 0.2) is 5.82 Å². The Labute approximate surface area is 110 Å². The number of nitrogen functional groups attached to an aromatic ring is 1. The van der Waals surface area contributed by atoms with Gasteiger partial charge in [0.1, 0.15) is 24.6 Å². The predicted molar refractivity (Wildman–Crippen MR) is 71.8 cm³/mol. The molecule has 3 N–H and O–H groups in total. The number of hydrogen-bond donors (Lipinski definition) is 2. The summed E-state index contributed by atoms with van der Waals surface area (Å²) in [6.45, 7) is 3.19. The molecule has 0 unspecified atom stereocenters. The molecule has 0 fully saturated rings. The minimum Gasteiger partial charge on any atom is -0.391 e. The molecular weight excluding hydrogens is 244 g/mol. The highest BCUT2D eigenvalue weighted by atomic mass is 16.1. The number of imidazole rings is 1. The van der Waals surface area contributed by atoms with Gasteiger partial charge in [-0.15, -0.1) is 0 Å². The molecule has 1 aliphatic rings. The van der Waals surface area contributed by atoms with Gasteiger partial charge in [0, 0.05) is 13.1 Å². The topological polar surface area (TPSA) is 73.8 Å². The fraction of sp³-hybridized carbons (Fsp3) is 0.500. The second kappa shape index (κ2) is 4.49. The summed E-state index contributed by atoms with van der Waals surface area (Å²) in [5.41, 5.74) is 6.12. The smallest absolute Gasteiger partial charge is 0.292 e. The standard InChI is InChI=1S/C12H18N6O/c1-15-7-8-16(9-15)6-3-14-11-10(13)12(19)18-5-2-4-17(11)18/h7-9H,2-6,13H2,1H3/p+1. The van der Waals surface area contributed by atoms with E-state index in [2.05, 4.69) is 9.88 Å². The zero-order chi connectivity index (χ0) is 13.4. The second-order valence-corrected chi connectivity index (χ2v) is 4.91. The van der Waals surface area contributed by atoms with Crippen LogP contribution in [0.5, 0.6) is 0 Å². The Bertz CT molecular complexity index is 650. The van der Waals surface area contributed by atoms with Crippen molar-refractivity contribution in [1.82, 2.24) is 13.9 Å². The summed E-state index contributed by atoms with van der Waals surface area (Å²) in [5.74, 6) is 0.763. The Morgan fingerprint density at radius 3 is 2.95 bits per heavy atom. The maximum atomic E-state index is 11.9. The molecule has 0 saturated heterocycles. The largest absolute Gasteiger partial charge is 0.391 e. The maximum absolute atomic E-state index is 11.9. The number of anilines is 2. The Morgan fingerprint density at radius 1 is 1.42 bits per heavy atom. The Morgan fingerprint density at radius 2 is 2.21 bits per heavy atom. The van der Waals surface area contributed by atoms with Crippen LogP contribution in [-0.2, 0) is 26.7 Å². The van der Waals surface area contributed by atoms with E-state index in [0.29, 0.717) is 5.69 Å². The van der Waals surface area contributed by atoms with Crippen LogP contribution in [0.15, 0.2) is 23.5 Å². The van der Waals surface area contributed by atoms with Crippen LogP contribution in [0, 0.1) is 0 Å². The van der Waals surface area contributed by atoms with Crippen molar-refractivity contribution in [1.29, 1.82) is 0 Å². The highest BCUT2D eigenvalue weighted by Crippen LogP contribution is 2.19. The normalized spacial score (nSPS) is 13.7. The van der Waals surface area contributed by atoms with Crippen LogP contribution in [0.1, 0.15) is 6.42 Å². The molecule has 2 aromatic rings. The van der Waals surface area contributed by atoms with Crippen LogP contribution in [0.4, 0.5) is 11.5 Å². The van der Waals surface area contributed by atoms with E-state index in [9.17, 15) is 4.79 Å². The first kappa shape index (κ1) is 11.9. The van der Waals surface area contributed by atoms with Gasteiger partial charge in [0.05, 0.1) is 13.6 Å². The van der Waals surface area contributed by atoms with E-state index in [1.54, 1.807) is 4.68 Å². The molecule has 0 aromatic carbocycles. The van der Waals surface area contributed by atoms with Crippen molar-refractivity contribution in [3.05, 3.63) is 29.1 Å². The van der Waals surface area contributed by atoms with Crippen molar-refractivity contribution in [3.63, 3.8) is 0 Å². The third-order valence-corrected chi connectivity index (χ3v) is 3.50. The van der Waals surface area contributed by atoms with Crippen LogP contribution >= 0.6 is 0 Å². The molecule has 7 nitrogen and oxygen atoms in total. The van der Waals surface area contributed by atoms with E-state index in [1.807, 2.05) is 35.0 Å². The minimum absolute atomic E-state index is 0.0765. The summed E-state index contributed by atoms with van der Waals surface area (Å²) in [5, 5.41) is 3.28. The van der Waals surface area contributed by atoms with Crippen LogP contribution in [0.2, 0.25) is 0 Å². The highest BCUT2D eigenvalue weighted by molar-refractivity contribution is 5.61. The van der Waals surface area contributed by atoms with E-state index in [4.69, 9.17) is 5.73 Å². The fourth-order valence-electron chi connectivity index (χ4n) is 2.56. The molecule has 0 atom stereocenters. The van der Waals surface area contributed by atoms with Gasteiger partial charge in [-0.25, -0.2) is 13.8 Å². The molecule has 0 amide bonds. The molecule has 102 valence electrons. The lowest BCUT2D eigenvalue weighted by molar-refractivity contribution is -0.671. The van der Waals surface area contributed by atoms with Gasteiger partial charge < -0.3 is 11.1 Å². The molecule has 19 heavy (non-hydrogen) atoms. The summed E-state index contributed by atoms with van der Waals surface area (Å²) in [6, 6.07) is 0. The Hall–Kier alpha value is -2.18. The average molecular weight is 263 g/mol. The molecule has 0 bridgehead atoms. The van der Waals surface area contributed by atoms with Gasteiger partial charge in [-0.1, -0.05) is 0 Å². The maximum Gasteiger partial charge on any atom is 0.292 e. The van der Waals surface area contributed by atoms with Crippen molar-refractivity contribution in [2.45, 2.75) is 26.1 Å². The van der Waals surface area contributed by atoms with Crippen molar-refractivity contribution < 1.29 is 4.57 Å². The van der Waals surface area contributed by atoms with E-state index in [0.717, 1.165) is 38.4 Å².